The van der Waals surface area contributed by atoms with E-state index in [0.29, 0.717) is 0 Å². The molecule has 66 valence electrons. The molecule has 0 saturated carbocycles. The van der Waals surface area contributed by atoms with Gasteiger partial charge in [0.25, 0.3) is 0 Å². The molecule has 1 aliphatic heterocycles. The van der Waals surface area contributed by atoms with Gasteiger partial charge in [0.1, 0.15) is 5.76 Å². The molecule has 1 N–H and O–H groups in total. The summed E-state index contributed by atoms with van der Waals surface area (Å²) in [7, 11) is 0. The smallest absolute Gasteiger partial charge is 0.120 e. The molecular formula is C10H15NO. The van der Waals surface area contributed by atoms with Crippen LogP contribution in [-0.4, -0.2) is 5.54 Å². The Morgan fingerprint density at radius 3 is 3.17 bits per heavy atom. The van der Waals surface area contributed by atoms with E-state index in [4.69, 9.17) is 4.42 Å². The Hall–Kier alpha value is -0.760. The Labute approximate surface area is 73.0 Å². The molecule has 0 unspecified atom stereocenters. The molecule has 0 spiro atoms. The fraction of sp³-hybridized carbons (Fsp3) is 0.600. The Kier molecular flexibility index (Phi) is 1.72. The van der Waals surface area contributed by atoms with Gasteiger partial charge in [-0.2, -0.15) is 0 Å². The zero-order valence-corrected chi connectivity index (χ0v) is 7.68. The van der Waals surface area contributed by atoms with E-state index in [2.05, 4.69) is 25.2 Å². The van der Waals surface area contributed by atoms with Crippen molar-refractivity contribution in [2.75, 3.05) is 0 Å². The van der Waals surface area contributed by atoms with E-state index in [-0.39, 0.29) is 5.54 Å². The maximum Gasteiger partial charge on any atom is 0.120 e. The summed E-state index contributed by atoms with van der Waals surface area (Å²) in [6, 6.07) is 2.08. The third-order valence-electron chi connectivity index (χ3n) is 2.58. The van der Waals surface area contributed by atoms with E-state index in [1.807, 2.05) is 0 Å². The predicted molar refractivity (Wildman–Crippen MR) is 47.9 cm³/mol. The summed E-state index contributed by atoms with van der Waals surface area (Å²) in [5.74, 6) is 1.11. The van der Waals surface area contributed by atoms with Crippen LogP contribution < -0.4 is 5.32 Å². The van der Waals surface area contributed by atoms with Crippen LogP contribution >= 0.6 is 0 Å². The van der Waals surface area contributed by atoms with Crippen LogP contribution in [-0.2, 0) is 13.0 Å². The summed E-state index contributed by atoms with van der Waals surface area (Å²) in [5, 5.41) is 3.47. The fourth-order valence-electron chi connectivity index (χ4n) is 1.60. The predicted octanol–water partition coefficient (Wildman–Crippen LogP) is 2.09. The number of fused-ring (bicyclic) bond motifs is 1. The van der Waals surface area contributed by atoms with Gasteiger partial charge in [-0.15, -0.1) is 0 Å². The van der Waals surface area contributed by atoms with Crippen molar-refractivity contribution < 1.29 is 4.42 Å². The molecule has 0 atom stereocenters. The normalized spacial score (nSPS) is 21.5. The first-order valence-corrected chi connectivity index (χ1v) is 4.48. The van der Waals surface area contributed by atoms with Crippen LogP contribution in [0.1, 0.15) is 31.6 Å². The molecule has 1 aromatic heterocycles. The molecule has 0 fully saturated rings. The highest BCUT2D eigenvalue weighted by Crippen LogP contribution is 2.22. The van der Waals surface area contributed by atoms with Gasteiger partial charge < -0.3 is 9.73 Å². The van der Waals surface area contributed by atoms with Crippen LogP contribution in [0.15, 0.2) is 16.7 Å². The summed E-state index contributed by atoms with van der Waals surface area (Å²) in [4.78, 5) is 0. The second kappa shape index (κ2) is 2.63. The molecular weight excluding hydrogens is 150 g/mol. The average Bonchev–Trinajstić information content (AvgIpc) is 2.40. The minimum atomic E-state index is 0.252. The van der Waals surface area contributed by atoms with Crippen LogP contribution in [0.2, 0.25) is 0 Å². The Morgan fingerprint density at radius 2 is 2.33 bits per heavy atom. The van der Waals surface area contributed by atoms with E-state index < -0.39 is 0 Å². The lowest BCUT2D eigenvalue weighted by atomic mass is 9.98. The van der Waals surface area contributed by atoms with Crippen molar-refractivity contribution in [2.45, 2.75) is 38.8 Å². The number of hydrogen-bond donors (Lipinski definition) is 1. The van der Waals surface area contributed by atoms with Gasteiger partial charge >= 0.3 is 0 Å². The summed E-state index contributed by atoms with van der Waals surface area (Å²) in [5.41, 5.74) is 1.62. The maximum absolute atomic E-state index is 5.37. The number of aryl methyl sites for hydroxylation is 1. The lowest BCUT2D eigenvalue weighted by Crippen LogP contribution is -2.37. The first-order valence-electron chi connectivity index (χ1n) is 4.48. The molecule has 12 heavy (non-hydrogen) atoms. The first kappa shape index (κ1) is 7.87. The van der Waals surface area contributed by atoms with Gasteiger partial charge in [0.2, 0.25) is 0 Å². The molecule has 1 aliphatic rings. The zero-order chi connectivity index (χ0) is 8.60. The van der Waals surface area contributed by atoms with Crippen LogP contribution in [0.3, 0.4) is 0 Å². The van der Waals surface area contributed by atoms with Gasteiger partial charge in [-0.05, 0) is 38.3 Å². The largest absolute Gasteiger partial charge is 0.468 e. The fourth-order valence-corrected chi connectivity index (χ4v) is 1.60. The SMILES string of the molecule is CC1(C)CCc2ccoc2CN1. The van der Waals surface area contributed by atoms with Crippen LogP contribution in [0.5, 0.6) is 0 Å². The van der Waals surface area contributed by atoms with Crippen LogP contribution in [0, 0.1) is 0 Å². The van der Waals surface area contributed by atoms with Crippen LogP contribution in [0.4, 0.5) is 0 Å². The summed E-state index contributed by atoms with van der Waals surface area (Å²) in [6.45, 7) is 5.34. The molecule has 2 heterocycles. The van der Waals surface area contributed by atoms with Crippen molar-refractivity contribution >= 4 is 0 Å². The molecule has 1 aromatic rings. The standard InChI is InChI=1S/C10H15NO/c1-10(2)5-3-8-4-6-12-9(8)7-11-10/h4,6,11H,3,5,7H2,1-2H3. The molecule has 0 amide bonds. The highest BCUT2D eigenvalue weighted by atomic mass is 16.3. The minimum absolute atomic E-state index is 0.252. The minimum Gasteiger partial charge on any atom is -0.468 e. The van der Waals surface area contributed by atoms with E-state index in [1.165, 1.54) is 12.0 Å². The Morgan fingerprint density at radius 1 is 1.50 bits per heavy atom. The Balaban J connectivity index is 2.21. The molecule has 0 bridgehead atoms. The highest BCUT2D eigenvalue weighted by molar-refractivity contribution is 5.19. The lowest BCUT2D eigenvalue weighted by molar-refractivity contribution is 0.356. The third-order valence-corrected chi connectivity index (χ3v) is 2.58. The number of rotatable bonds is 0. The quantitative estimate of drug-likeness (QED) is 0.636. The van der Waals surface area contributed by atoms with Gasteiger partial charge in [-0.1, -0.05) is 0 Å². The summed E-state index contributed by atoms with van der Waals surface area (Å²) < 4.78 is 5.37. The van der Waals surface area contributed by atoms with Gasteiger partial charge in [0.15, 0.2) is 0 Å². The van der Waals surface area contributed by atoms with Gasteiger partial charge in [-0.25, -0.2) is 0 Å². The monoisotopic (exact) mass is 165 g/mol. The lowest BCUT2D eigenvalue weighted by Gasteiger charge is -2.23. The number of nitrogens with one attached hydrogen (secondary N) is 1. The Bertz CT molecular complexity index is 251. The third kappa shape index (κ3) is 1.39. The van der Waals surface area contributed by atoms with Crippen molar-refractivity contribution in [3.05, 3.63) is 23.7 Å². The molecule has 0 aromatic carbocycles. The van der Waals surface area contributed by atoms with Gasteiger partial charge in [-0.3, -0.25) is 0 Å². The molecule has 0 saturated heterocycles. The van der Waals surface area contributed by atoms with Crippen molar-refractivity contribution in [2.24, 2.45) is 0 Å². The molecule has 2 rings (SSSR count). The second-order valence-electron chi connectivity index (χ2n) is 4.11. The number of hydrogen-bond acceptors (Lipinski definition) is 2. The highest BCUT2D eigenvalue weighted by Gasteiger charge is 2.22. The topological polar surface area (TPSA) is 25.2 Å². The first-order chi connectivity index (χ1) is 5.67. The van der Waals surface area contributed by atoms with E-state index in [1.54, 1.807) is 6.26 Å². The molecule has 2 nitrogen and oxygen atoms in total. The molecule has 0 radical (unpaired) electrons. The molecule has 2 heteroatoms. The van der Waals surface area contributed by atoms with Crippen molar-refractivity contribution in [3.63, 3.8) is 0 Å². The number of furan rings is 1. The second-order valence-corrected chi connectivity index (χ2v) is 4.11. The average molecular weight is 165 g/mol. The van der Waals surface area contributed by atoms with Crippen molar-refractivity contribution in [1.29, 1.82) is 0 Å². The van der Waals surface area contributed by atoms with E-state index in [9.17, 15) is 0 Å². The van der Waals surface area contributed by atoms with Crippen molar-refractivity contribution in [3.8, 4) is 0 Å². The maximum atomic E-state index is 5.37. The van der Waals surface area contributed by atoms with E-state index in [0.717, 1.165) is 18.7 Å². The van der Waals surface area contributed by atoms with E-state index >= 15 is 0 Å². The summed E-state index contributed by atoms with van der Waals surface area (Å²) in [6.07, 6.45) is 4.09. The molecule has 0 aliphatic carbocycles. The zero-order valence-electron chi connectivity index (χ0n) is 7.68. The van der Waals surface area contributed by atoms with Crippen molar-refractivity contribution in [1.82, 2.24) is 5.32 Å². The van der Waals surface area contributed by atoms with Gasteiger partial charge in [0.05, 0.1) is 12.8 Å². The van der Waals surface area contributed by atoms with Gasteiger partial charge in [0, 0.05) is 5.54 Å². The van der Waals surface area contributed by atoms with Crippen LogP contribution in [0.25, 0.3) is 0 Å². The summed E-state index contributed by atoms with van der Waals surface area (Å²) >= 11 is 0.